The number of carbonyl (C=O) groups is 1. The van der Waals surface area contributed by atoms with Gasteiger partial charge in [0.1, 0.15) is 4.87 Å². The van der Waals surface area contributed by atoms with Gasteiger partial charge in [-0.2, -0.15) is 5.26 Å². The van der Waals surface area contributed by atoms with Crippen LogP contribution in [0.1, 0.15) is 12.8 Å². The van der Waals surface area contributed by atoms with Gasteiger partial charge >= 0.3 is 5.97 Å². The smallest absolute Gasteiger partial charge is 0.308 e. The van der Waals surface area contributed by atoms with E-state index in [0.717, 1.165) is 0 Å². The number of rotatable bonds is 1. The molecule has 0 atom stereocenters. The zero-order valence-electron chi connectivity index (χ0n) is 6.13. The van der Waals surface area contributed by atoms with E-state index in [0.29, 0.717) is 12.8 Å². The number of methoxy groups -OCH3 is 1. The van der Waals surface area contributed by atoms with Crippen LogP contribution < -0.4 is 0 Å². The van der Waals surface area contributed by atoms with E-state index in [1.807, 2.05) is 6.07 Å². The normalized spacial score (nSPS) is 35.2. The fraction of sp³-hybridized carbons (Fsp3) is 0.714. The van der Waals surface area contributed by atoms with Crippen LogP contribution in [0, 0.1) is 17.2 Å². The van der Waals surface area contributed by atoms with Gasteiger partial charge in [-0.3, -0.25) is 4.79 Å². The van der Waals surface area contributed by atoms with Gasteiger partial charge in [-0.15, -0.1) is 11.6 Å². The monoisotopic (exact) mass is 173 g/mol. The predicted octanol–water partition coefficient (Wildman–Crippen LogP) is 1.07. The Morgan fingerprint density at radius 1 is 1.82 bits per heavy atom. The summed E-state index contributed by atoms with van der Waals surface area (Å²) in [6, 6.07) is 1.94. The van der Waals surface area contributed by atoms with Crippen molar-refractivity contribution in [3.05, 3.63) is 0 Å². The van der Waals surface area contributed by atoms with Crippen LogP contribution in [0.2, 0.25) is 0 Å². The molecule has 0 aliphatic heterocycles. The highest BCUT2D eigenvalue weighted by atomic mass is 35.5. The summed E-state index contributed by atoms with van der Waals surface area (Å²) in [7, 11) is 1.34. The van der Waals surface area contributed by atoms with Crippen molar-refractivity contribution in [2.45, 2.75) is 17.7 Å². The zero-order valence-corrected chi connectivity index (χ0v) is 6.89. The predicted molar refractivity (Wildman–Crippen MR) is 38.9 cm³/mol. The first-order valence-corrected chi connectivity index (χ1v) is 3.67. The molecule has 4 heteroatoms. The molecule has 1 aliphatic carbocycles. The fourth-order valence-electron chi connectivity index (χ4n) is 1.15. The largest absolute Gasteiger partial charge is 0.469 e. The van der Waals surface area contributed by atoms with Gasteiger partial charge in [0.05, 0.1) is 19.1 Å². The lowest BCUT2D eigenvalue weighted by atomic mass is 9.75. The highest BCUT2D eigenvalue weighted by molar-refractivity contribution is 6.26. The van der Waals surface area contributed by atoms with Crippen LogP contribution in [0.25, 0.3) is 0 Å². The maximum Gasteiger partial charge on any atom is 0.308 e. The molecule has 0 saturated heterocycles. The van der Waals surface area contributed by atoms with E-state index in [1.54, 1.807) is 0 Å². The number of hydrogen-bond donors (Lipinski definition) is 0. The quantitative estimate of drug-likeness (QED) is 0.440. The summed E-state index contributed by atoms with van der Waals surface area (Å²) >= 11 is 5.72. The molecule has 0 amide bonds. The van der Waals surface area contributed by atoms with Crippen LogP contribution in [-0.2, 0) is 9.53 Å². The van der Waals surface area contributed by atoms with E-state index >= 15 is 0 Å². The van der Waals surface area contributed by atoms with Crippen LogP contribution >= 0.6 is 11.6 Å². The average molecular weight is 174 g/mol. The number of nitrogens with zero attached hydrogens (tertiary/aromatic N) is 1. The maximum atomic E-state index is 10.8. The number of alkyl halides is 1. The molecule has 0 radical (unpaired) electrons. The summed E-state index contributed by atoms with van der Waals surface area (Å²) in [6.45, 7) is 0. The first kappa shape index (κ1) is 8.35. The van der Waals surface area contributed by atoms with E-state index in [-0.39, 0.29) is 11.9 Å². The summed E-state index contributed by atoms with van der Waals surface area (Å²) in [5, 5.41) is 8.48. The Morgan fingerprint density at radius 2 is 2.36 bits per heavy atom. The number of esters is 1. The fourth-order valence-corrected chi connectivity index (χ4v) is 1.52. The van der Waals surface area contributed by atoms with Crippen LogP contribution in [0.15, 0.2) is 0 Å². The third-order valence-electron chi connectivity index (χ3n) is 1.87. The minimum absolute atomic E-state index is 0.169. The molecule has 1 rings (SSSR count). The van der Waals surface area contributed by atoms with E-state index in [4.69, 9.17) is 16.9 Å². The Labute approximate surface area is 69.9 Å². The summed E-state index contributed by atoms with van der Waals surface area (Å²) in [4.78, 5) is 10.0. The van der Waals surface area contributed by atoms with Crippen molar-refractivity contribution in [3.8, 4) is 6.07 Å². The van der Waals surface area contributed by atoms with Crippen molar-refractivity contribution in [2.24, 2.45) is 5.92 Å². The lowest BCUT2D eigenvalue weighted by Gasteiger charge is -2.35. The van der Waals surface area contributed by atoms with Crippen molar-refractivity contribution in [1.29, 1.82) is 5.26 Å². The number of nitriles is 1. The van der Waals surface area contributed by atoms with Crippen molar-refractivity contribution in [2.75, 3.05) is 7.11 Å². The van der Waals surface area contributed by atoms with Crippen LogP contribution in [0.4, 0.5) is 0 Å². The molecular weight excluding hydrogens is 166 g/mol. The summed E-state index contributed by atoms with van der Waals surface area (Å²) in [5.41, 5.74) is 0. The van der Waals surface area contributed by atoms with E-state index < -0.39 is 4.87 Å². The third kappa shape index (κ3) is 1.46. The second-order valence-electron chi connectivity index (χ2n) is 2.71. The van der Waals surface area contributed by atoms with Gasteiger partial charge in [0, 0.05) is 0 Å². The lowest BCUT2D eigenvalue weighted by molar-refractivity contribution is -0.148. The Bertz CT molecular complexity index is 215. The molecule has 1 saturated carbocycles. The highest BCUT2D eigenvalue weighted by Gasteiger charge is 2.47. The molecule has 1 fully saturated rings. The van der Waals surface area contributed by atoms with Crippen LogP contribution in [0.3, 0.4) is 0 Å². The second-order valence-corrected chi connectivity index (χ2v) is 3.43. The summed E-state index contributed by atoms with van der Waals surface area (Å²) in [6.07, 6.45) is 0.829. The average Bonchev–Trinajstić information content (AvgIpc) is 1.97. The molecule has 11 heavy (non-hydrogen) atoms. The Kier molecular flexibility index (Phi) is 2.05. The molecule has 0 aromatic heterocycles. The summed E-state index contributed by atoms with van der Waals surface area (Å²) in [5.74, 6) is -0.436. The molecular formula is C7H8ClNO2. The van der Waals surface area contributed by atoms with Gasteiger partial charge in [0.2, 0.25) is 0 Å². The number of halogens is 1. The topological polar surface area (TPSA) is 50.1 Å². The Hall–Kier alpha value is -0.750. The van der Waals surface area contributed by atoms with Gasteiger partial charge in [0.15, 0.2) is 0 Å². The number of ether oxygens (including phenoxy) is 1. The third-order valence-corrected chi connectivity index (χ3v) is 2.27. The maximum absolute atomic E-state index is 10.8. The van der Waals surface area contributed by atoms with Crippen molar-refractivity contribution >= 4 is 17.6 Å². The second kappa shape index (κ2) is 2.71. The molecule has 60 valence electrons. The molecule has 3 nitrogen and oxygen atoms in total. The molecule has 0 bridgehead atoms. The first-order chi connectivity index (χ1) is 5.11. The molecule has 0 aromatic carbocycles. The molecule has 1 aliphatic rings. The molecule has 0 spiro atoms. The first-order valence-electron chi connectivity index (χ1n) is 3.29. The molecule has 0 aromatic rings. The van der Waals surface area contributed by atoms with Crippen molar-refractivity contribution in [1.82, 2.24) is 0 Å². The SMILES string of the molecule is COC(=O)C1CC(Cl)(C#N)C1. The van der Waals surface area contributed by atoms with E-state index in [1.165, 1.54) is 7.11 Å². The van der Waals surface area contributed by atoms with Gasteiger partial charge in [0.25, 0.3) is 0 Å². The van der Waals surface area contributed by atoms with Gasteiger partial charge in [-0.25, -0.2) is 0 Å². The van der Waals surface area contributed by atoms with Crippen molar-refractivity contribution in [3.63, 3.8) is 0 Å². The summed E-state index contributed by atoms with van der Waals surface area (Å²) < 4.78 is 4.48. The number of carbonyl (C=O) groups excluding carboxylic acids is 1. The molecule has 0 unspecified atom stereocenters. The molecule has 0 heterocycles. The number of hydrogen-bond acceptors (Lipinski definition) is 3. The van der Waals surface area contributed by atoms with E-state index in [2.05, 4.69) is 4.74 Å². The standard InChI is InChI=1S/C7H8ClNO2/c1-11-6(10)5-2-7(8,3-5)4-9/h5H,2-3H2,1H3. The Morgan fingerprint density at radius 3 is 2.73 bits per heavy atom. The van der Waals surface area contributed by atoms with E-state index in [9.17, 15) is 4.79 Å². The minimum Gasteiger partial charge on any atom is -0.469 e. The zero-order chi connectivity index (χ0) is 8.48. The molecule has 0 N–H and O–H groups in total. The lowest BCUT2D eigenvalue weighted by Crippen LogP contribution is -2.41. The van der Waals surface area contributed by atoms with Crippen molar-refractivity contribution < 1.29 is 9.53 Å². The van der Waals surface area contributed by atoms with Gasteiger partial charge < -0.3 is 4.74 Å². The Balaban J connectivity index is 2.42. The van der Waals surface area contributed by atoms with Gasteiger partial charge in [-0.05, 0) is 12.8 Å². The van der Waals surface area contributed by atoms with Gasteiger partial charge in [-0.1, -0.05) is 0 Å². The minimum atomic E-state index is -0.807. The van der Waals surface area contributed by atoms with Crippen LogP contribution in [0.5, 0.6) is 0 Å². The highest BCUT2D eigenvalue weighted by Crippen LogP contribution is 2.43. The van der Waals surface area contributed by atoms with Crippen LogP contribution in [-0.4, -0.2) is 18.0 Å².